The fourth-order valence-corrected chi connectivity index (χ4v) is 3.80. The molecule has 0 amide bonds. The minimum Gasteiger partial charge on any atom is -0.368 e. The van der Waals surface area contributed by atoms with Crippen molar-refractivity contribution in [2.75, 3.05) is 11.1 Å². The lowest BCUT2D eigenvalue weighted by Gasteiger charge is -2.21. The van der Waals surface area contributed by atoms with Gasteiger partial charge in [0, 0.05) is 11.6 Å². The van der Waals surface area contributed by atoms with Gasteiger partial charge in [0.05, 0.1) is 35.5 Å². The Balaban J connectivity index is 1.66. The van der Waals surface area contributed by atoms with Crippen molar-refractivity contribution >= 4 is 22.7 Å². The van der Waals surface area contributed by atoms with Crippen LogP contribution in [0.3, 0.4) is 0 Å². The van der Waals surface area contributed by atoms with Crippen LogP contribution in [0.4, 0.5) is 11.8 Å². The van der Waals surface area contributed by atoms with E-state index in [0.29, 0.717) is 22.5 Å². The summed E-state index contributed by atoms with van der Waals surface area (Å²) < 4.78 is 1.76. The van der Waals surface area contributed by atoms with E-state index < -0.39 is 6.04 Å². The van der Waals surface area contributed by atoms with Crippen LogP contribution in [0.25, 0.3) is 22.0 Å². The third-order valence-electron chi connectivity index (χ3n) is 5.43. The molecule has 10 heteroatoms. The number of benzene rings is 1. The van der Waals surface area contributed by atoms with Crippen molar-refractivity contribution in [2.24, 2.45) is 0 Å². The lowest BCUT2D eigenvalue weighted by molar-refractivity contribution is 0.609. The molecule has 0 radical (unpaired) electrons. The number of nitrogens with one attached hydrogen (secondary N) is 1. The molecule has 1 aliphatic carbocycles. The highest BCUT2D eigenvalue weighted by atomic mass is 16.1. The minimum absolute atomic E-state index is 0.0559. The summed E-state index contributed by atoms with van der Waals surface area (Å²) in [5, 5.41) is 20.9. The molecule has 5 rings (SSSR count). The highest BCUT2D eigenvalue weighted by molar-refractivity contribution is 5.93. The Bertz CT molecular complexity index is 1420. The standard InChI is InChI=1S/C22H19N9O/c1-12(28-19-14(9-23)10-25-22(24)30-19)20-29-17-4-2-3-16(13-7-8-26-27-11-13)18(17)21(32)31(20)15-5-6-15/h2-4,7-8,10-12,15H,5-6H2,1H3,(H3,24,25,28,30). The monoisotopic (exact) mass is 425 g/mol. The van der Waals surface area contributed by atoms with Crippen LogP contribution in [-0.4, -0.2) is 29.7 Å². The average Bonchev–Trinajstić information content (AvgIpc) is 3.64. The van der Waals surface area contributed by atoms with Crippen LogP contribution < -0.4 is 16.6 Å². The molecule has 1 aliphatic rings. The van der Waals surface area contributed by atoms with E-state index >= 15 is 0 Å². The van der Waals surface area contributed by atoms with Gasteiger partial charge in [-0.15, -0.1) is 0 Å². The number of hydrogen-bond acceptors (Lipinski definition) is 9. The maximum atomic E-state index is 13.7. The topological polar surface area (TPSA) is 148 Å². The van der Waals surface area contributed by atoms with Gasteiger partial charge in [-0.1, -0.05) is 12.1 Å². The predicted molar refractivity (Wildman–Crippen MR) is 118 cm³/mol. The zero-order valence-corrected chi connectivity index (χ0v) is 17.2. The van der Waals surface area contributed by atoms with Crippen molar-refractivity contribution in [3.05, 3.63) is 64.6 Å². The van der Waals surface area contributed by atoms with Gasteiger partial charge in [-0.25, -0.2) is 9.97 Å². The lowest BCUT2D eigenvalue weighted by atomic mass is 10.0. The van der Waals surface area contributed by atoms with Gasteiger partial charge in [0.15, 0.2) is 0 Å². The Hall–Kier alpha value is -4.39. The highest BCUT2D eigenvalue weighted by Crippen LogP contribution is 2.37. The van der Waals surface area contributed by atoms with E-state index in [-0.39, 0.29) is 23.1 Å². The van der Waals surface area contributed by atoms with Crippen molar-refractivity contribution in [3.8, 4) is 17.2 Å². The predicted octanol–water partition coefficient (Wildman–Crippen LogP) is 2.61. The van der Waals surface area contributed by atoms with Gasteiger partial charge in [0.25, 0.3) is 5.56 Å². The van der Waals surface area contributed by atoms with Crippen molar-refractivity contribution < 1.29 is 0 Å². The molecule has 3 N–H and O–H groups in total. The summed E-state index contributed by atoms with van der Waals surface area (Å²) in [6.45, 7) is 1.88. The van der Waals surface area contributed by atoms with Crippen LogP contribution in [0.2, 0.25) is 0 Å². The summed E-state index contributed by atoms with van der Waals surface area (Å²) in [6.07, 6.45) is 6.43. The van der Waals surface area contributed by atoms with E-state index in [2.05, 4.69) is 31.6 Å². The number of anilines is 2. The van der Waals surface area contributed by atoms with Crippen LogP contribution >= 0.6 is 0 Å². The molecule has 1 saturated carbocycles. The Morgan fingerprint density at radius 3 is 2.78 bits per heavy atom. The SMILES string of the molecule is CC(Nc1nc(N)ncc1C#N)c1nc2cccc(-c3ccnnc3)c2c(=O)n1C1CC1. The molecule has 1 atom stereocenters. The number of aromatic nitrogens is 6. The summed E-state index contributed by atoms with van der Waals surface area (Å²) in [4.78, 5) is 26.6. The van der Waals surface area contributed by atoms with Gasteiger partial charge in [-0.2, -0.15) is 20.4 Å². The summed E-state index contributed by atoms with van der Waals surface area (Å²) in [5.74, 6) is 0.942. The Morgan fingerprint density at radius 2 is 2.06 bits per heavy atom. The summed E-state index contributed by atoms with van der Waals surface area (Å²) in [6, 6.07) is 9.15. The second kappa shape index (κ2) is 7.70. The summed E-state index contributed by atoms with van der Waals surface area (Å²) in [7, 11) is 0. The molecule has 158 valence electrons. The molecule has 1 fully saturated rings. The number of nitrogens with two attached hydrogens (primary N) is 1. The van der Waals surface area contributed by atoms with Gasteiger partial charge >= 0.3 is 0 Å². The molecular weight excluding hydrogens is 406 g/mol. The average molecular weight is 425 g/mol. The number of fused-ring (bicyclic) bond motifs is 1. The van der Waals surface area contributed by atoms with E-state index in [1.54, 1.807) is 17.0 Å². The summed E-state index contributed by atoms with van der Waals surface area (Å²) >= 11 is 0. The molecule has 0 spiro atoms. The van der Waals surface area contributed by atoms with Crippen LogP contribution in [0.5, 0.6) is 0 Å². The van der Waals surface area contributed by atoms with Crippen LogP contribution in [0.15, 0.2) is 47.7 Å². The second-order valence-electron chi connectivity index (χ2n) is 7.68. The molecular formula is C22H19N9O. The molecule has 1 aromatic carbocycles. The smallest absolute Gasteiger partial charge is 0.262 e. The third-order valence-corrected chi connectivity index (χ3v) is 5.43. The Labute approximate surface area is 182 Å². The molecule has 3 heterocycles. The van der Waals surface area contributed by atoms with Crippen LogP contribution in [-0.2, 0) is 0 Å². The largest absolute Gasteiger partial charge is 0.368 e. The molecule has 0 bridgehead atoms. The van der Waals surface area contributed by atoms with E-state index in [1.807, 2.05) is 31.2 Å². The van der Waals surface area contributed by atoms with Crippen molar-refractivity contribution in [3.63, 3.8) is 0 Å². The number of hydrogen-bond donors (Lipinski definition) is 2. The van der Waals surface area contributed by atoms with Crippen molar-refractivity contribution in [2.45, 2.75) is 31.8 Å². The van der Waals surface area contributed by atoms with Gasteiger partial charge < -0.3 is 11.1 Å². The van der Waals surface area contributed by atoms with Crippen LogP contribution in [0, 0.1) is 11.3 Å². The zero-order valence-electron chi connectivity index (χ0n) is 17.2. The third kappa shape index (κ3) is 3.39. The number of nitriles is 1. The van der Waals surface area contributed by atoms with Gasteiger partial charge in [-0.3, -0.25) is 9.36 Å². The van der Waals surface area contributed by atoms with Crippen molar-refractivity contribution in [1.29, 1.82) is 5.26 Å². The molecule has 0 aliphatic heterocycles. The maximum absolute atomic E-state index is 13.7. The number of rotatable bonds is 5. The van der Waals surface area contributed by atoms with Gasteiger partial charge in [0.2, 0.25) is 5.95 Å². The quantitative estimate of drug-likeness (QED) is 0.492. The molecule has 1 unspecified atom stereocenters. The first-order valence-corrected chi connectivity index (χ1v) is 10.2. The Morgan fingerprint density at radius 1 is 1.22 bits per heavy atom. The van der Waals surface area contributed by atoms with Gasteiger partial charge in [0.1, 0.15) is 23.3 Å². The molecule has 32 heavy (non-hydrogen) atoms. The zero-order chi connectivity index (χ0) is 22.2. The fraction of sp³-hybridized carbons (Fsp3) is 0.227. The molecule has 3 aromatic heterocycles. The van der Waals surface area contributed by atoms with Crippen LogP contribution in [0.1, 0.15) is 43.2 Å². The maximum Gasteiger partial charge on any atom is 0.262 e. The first-order chi connectivity index (χ1) is 15.6. The number of nitrogen functional groups attached to an aromatic ring is 1. The molecule has 4 aromatic rings. The highest BCUT2D eigenvalue weighted by Gasteiger charge is 2.31. The van der Waals surface area contributed by atoms with E-state index in [4.69, 9.17) is 10.7 Å². The lowest BCUT2D eigenvalue weighted by Crippen LogP contribution is -2.28. The Kier molecular flexibility index (Phi) is 4.71. The minimum atomic E-state index is -0.402. The van der Waals surface area contributed by atoms with E-state index in [1.165, 1.54) is 6.20 Å². The van der Waals surface area contributed by atoms with E-state index in [9.17, 15) is 10.1 Å². The summed E-state index contributed by atoms with van der Waals surface area (Å²) in [5.41, 5.74) is 8.03. The first-order valence-electron chi connectivity index (χ1n) is 10.2. The molecule has 10 nitrogen and oxygen atoms in total. The second-order valence-corrected chi connectivity index (χ2v) is 7.68. The normalized spacial score (nSPS) is 14.1. The molecule has 0 saturated heterocycles. The van der Waals surface area contributed by atoms with Gasteiger partial charge in [-0.05, 0) is 37.5 Å². The van der Waals surface area contributed by atoms with Crippen molar-refractivity contribution in [1.82, 2.24) is 29.7 Å². The van der Waals surface area contributed by atoms with E-state index in [0.717, 1.165) is 24.0 Å². The fourth-order valence-electron chi connectivity index (χ4n) is 3.80. The number of nitrogens with zero attached hydrogens (tertiary/aromatic N) is 7. The first kappa shape index (κ1) is 19.6.